The van der Waals surface area contributed by atoms with Crippen molar-refractivity contribution in [3.05, 3.63) is 132 Å². The number of carbonyl (C=O) groups is 2. The van der Waals surface area contributed by atoms with E-state index in [1.807, 2.05) is 128 Å². The number of thioether (sulfide) groups is 1. The number of carbonyl (C=O) groups excluding carboxylic acids is 2. The van der Waals surface area contributed by atoms with E-state index in [4.69, 9.17) is 23.7 Å². The van der Waals surface area contributed by atoms with Crippen molar-refractivity contribution in [2.75, 3.05) is 17.8 Å². The van der Waals surface area contributed by atoms with Crippen molar-refractivity contribution in [1.29, 1.82) is 0 Å². The maximum absolute atomic E-state index is 13.7. The first-order valence-corrected chi connectivity index (χ1v) is 16.1. The predicted octanol–water partition coefficient (Wildman–Crippen LogP) is 7.15. The molecule has 45 heavy (non-hydrogen) atoms. The minimum atomic E-state index is -0.912. The van der Waals surface area contributed by atoms with Crippen LogP contribution in [0.5, 0.6) is 0 Å². The van der Waals surface area contributed by atoms with Crippen molar-refractivity contribution < 1.29 is 33.3 Å². The number of rotatable bonds is 12. The molecule has 4 aromatic carbocycles. The Morgan fingerprint density at radius 2 is 1.16 bits per heavy atom. The van der Waals surface area contributed by atoms with Gasteiger partial charge in [-0.1, -0.05) is 97.1 Å². The molecule has 0 saturated carbocycles. The highest BCUT2D eigenvalue weighted by Gasteiger charge is 2.50. The monoisotopic (exact) mass is 627 g/mol. The Bertz CT molecular complexity index is 1440. The third kappa shape index (κ3) is 8.73. The lowest BCUT2D eigenvalue weighted by atomic mass is 9.99. The van der Waals surface area contributed by atoms with Crippen molar-refractivity contribution in [2.24, 2.45) is 0 Å². The summed E-state index contributed by atoms with van der Waals surface area (Å²) in [6.45, 7) is 1.73. The molecule has 1 amide bonds. The van der Waals surface area contributed by atoms with Gasteiger partial charge in [-0.3, -0.25) is 4.79 Å². The number of para-hydroxylation sites is 2. The molecule has 0 unspecified atom stereocenters. The van der Waals surface area contributed by atoms with Crippen molar-refractivity contribution in [1.82, 2.24) is 0 Å². The number of hydrogen-bond donors (Lipinski definition) is 0. The van der Waals surface area contributed by atoms with E-state index in [9.17, 15) is 9.59 Å². The maximum Gasteiger partial charge on any atom is 0.419 e. The number of amides is 1. The minimum Gasteiger partial charge on any atom is -0.457 e. The minimum absolute atomic E-state index is 0.180. The third-order valence-electron chi connectivity index (χ3n) is 7.28. The quantitative estimate of drug-likeness (QED) is 0.153. The molecule has 1 heterocycles. The molecule has 5 atom stereocenters. The highest BCUT2D eigenvalue weighted by Crippen LogP contribution is 2.35. The molecule has 4 aromatic rings. The second kappa shape index (κ2) is 16.2. The van der Waals surface area contributed by atoms with Gasteiger partial charge in [-0.15, -0.1) is 11.8 Å². The molecule has 1 saturated heterocycles. The van der Waals surface area contributed by atoms with Crippen LogP contribution < -0.4 is 4.90 Å². The van der Waals surface area contributed by atoms with Crippen molar-refractivity contribution >= 4 is 35.2 Å². The first-order valence-electron chi connectivity index (χ1n) is 14.8. The molecule has 1 fully saturated rings. The number of esters is 1. The number of ether oxygens (including phenoxy) is 5. The van der Waals surface area contributed by atoms with Gasteiger partial charge in [-0.25, -0.2) is 9.69 Å². The molecular formula is C36H37NO7S. The molecule has 5 rings (SSSR count). The Hall–Kier alpha value is -4.15. The van der Waals surface area contributed by atoms with E-state index in [-0.39, 0.29) is 13.2 Å². The number of anilines is 2. The van der Waals surface area contributed by atoms with Gasteiger partial charge < -0.3 is 23.7 Å². The smallest absolute Gasteiger partial charge is 0.419 e. The summed E-state index contributed by atoms with van der Waals surface area (Å²) >= 11 is 1.45. The summed E-state index contributed by atoms with van der Waals surface area (Å²) in [6.07, 6.45) is -1.72. The molecular weight excluding hydrogens is 590 g/mol. The average Bonchev–Trinajstić information content (AvgIpc) is 3.08. The van der Waals surface area contributed by atoms with Crippen LogP contribution in [0.25, 0.3) is 0 Å². The molecule has 0 bridgehead atoms. The van der Waals surface area contributed by atoms with Gasteiger partial charge >= 0.3 is 12.1 Å². The van der Waals surface area contributed by atoms with E-state index in [0.717, 1.165) is 11.1 Å². The normalized spacial score (nSPS) is 21.1. The first-order chi connectivity index (χ1) is 22.0. The van der Waals surface area contributed by atoms with Gasteiger partial charge in [-0.2, -0.15) is 0 Å². The van der Waals surface area contributed by atoms with Crippen molar-refractivity contribution in [2.45, 2.75) is 50.0 Å². The molecule has 9 heteroatoms. The molecule has 1 aliphatic heterocycles. The third-order valence-corrected chi connectivity index (χ3v) is 8.12. The van der Waals surface area contributed by atoms with Crippen LogP contribution in [0.2, 0.25) is 0 Å². The first kappa shape index (κ1) is 32.2. The summed E-state index contributed by atoms with van der Waals surface area (Å²) in [5, 5.41) is 0. The Kier molecular flexibility index (Phi) is 11.6. The molecule has 0 aromatic heterocycles. The van der Waals surface area contributed by atoms with Gasteiger partial charge in [0.25, 0.3) is 0 Å². The van der Waals surface area contributed by atoms with E-state index in [0.29, 0.717) is 18.0 Å². The van der Waals surface area contributed by atoms with Gasteiger partial charge in [-0.05, 0) is 41.6 Å². The molecule has 1 aliphatic rings. The van der Waals surface area contributed by atoms with E-state index < -0.39 is 41.9 Å². The zero-order valence-electron chi connectivity index (χ0n) is 25.3. The maximum atomic E-state index is 13.7. The second-order valence-electron chi connectivity index (χ2n) is 10.5. The summed E-state index contributed by atoms with van der Waals surface area (Å²) in [6, 6.07) is 38.1. The lowest BCUT2D eigenvalue weighted by Gasteiger charge is -2.45. The number of hydrogen-bond acceptors (Lipinski definition) is 8. The van der Waals surface area contributed by atoms with Crippen LogP contribution in [0.3, 0.4) is 0 Å². The Morgan fingerprint density at radius 1 is 0.689 bits per heavy atom. The lowest BCUT2D eigenvalue weighted by Crippen LogP contribution is -2.60. The topological polar surface area (TPSA) is 83.5 Å². The largest absolute Gasteiger partial charge is 0.457 e. The SMILES string of the molecule is CS[C@@H]1O[C@H](COC(=O)N(c2ccccc2)c2ccccc2)[C@@H](OC(C)=O)[C@H](OCc2ccccc2)[C@H]1OCc1ccccc1. The summed E-state index contributed by atoms with van der Waals surface area (Å²) < 4.78 is 31.1. The molecule has 0 spiro atoms. The molecule has 0 aliphatic carbocycles. The van der Waals surface area contributed by atoms with E-state index in [2.05, 4.69) is 0 Å². The molecule has 0 radical (unpaired) electrons. The van der Waals surface area contributed by atoms with Crippen molar-refractivity contribution in [3.63, 3.8) is 0 Å². The van der Waals surface area contributed by atoms with Crippen LogP contribution in [0, 0.1) is 0 Å². The van der Waals surface area contributed by atoms with Crippen LogP contribution in [0.4, 0.5) is 16.2 Å². The van der Waals surface area contributed by atoms with Gasteiger partial charge in [0.2, 0.25) is 0 Å². The fourth-order valence-electron chi connectivity index (χ4n) is 5.17. The van der Waals surface area contributed by atoms with Crippen LogP contribution in [0.1, 0.15) is 18.1 Å². The van der Waals surface area contributed by atoms with Crippen LogP contribution >= 0.6 is 11.8 Å². The Balaban J connectivity index is 1.40. The fourth-order valence-corrected chi connectivity index (χ4v) is 5.92. The lowest BCUT2D eigenvalue weighted by molar-refractivity contribution is -0.245. The highest BCUT2D eigenvalue weighted by molar-refractivity contribution is 7.99. The molecule has 0 N–H and O–H groups in total. The van der Waals surface area contributed by atoms with E-state index in [1.54, 1.807) is 0 Å². The van der Waals surface area contributed by atoms with E-state index >= 15 is 0 Å². The Labute approximate surface area is 268 Å². The fraction of sp³-hybridized carbons (Fsp3) is 0.278. The molecule has 234 valence electrons. The second-order valence-corrected chi connectivity index (χ2v) is 11.4. The predicted molar refractivity (Wildman–Crippen MR) is 174 cm³/mol. The summed E-state index contributed by atoms with van der Waals surface area (Å²) in [5.41, 5.74) is 2.74. The Morgan fingerprint density at radius 3 is 1.62 bits per heavy atom. The zero-order chi connectivity index (χ0) is 31.4. The standard InChI is InChI=1S/C36H37NO7S/c1-26(38)43-32-31(25-42-36(39)37(29-19-11-5-12-20-29)30-21-13-6-14-22-30)44-35(45-2)34(41-24-28-17-9-4-10-18-28)33(32)40-23-27-15-7-3-8-16-27/h3-22,31-35H,23-25H2,1-2H3/t31-,32-,33+,34-,35+/m1/s1. The highest BCUT2D eigenvalue weighted by atomic mass is 32.2. The number of benzene rings is 4. The summed E-state index contributed by atoms with van der Waals surface area (Å²) in [4.78, 5) is 27.6. The van der Waals surface area contributed by atoms with Crippen LogP contribution in [-0.2, 0) is 41.7 Å². The number of nitrogens with zero attached hydrogens (tertiary/aromatic N) is 1. The van der Waals surface area contributed by atoms with E-state index in [1.165, 1.54) is 23.6 Å². The van der Waals surface area contributed by atoms with Crippen molar-refractivity contribution in [3.8, 4) is 0 Å². The van der Waals surface area contributed by atoms with Gasteiger partial charge in [0.1, 0.15) is 30.4 Å². The summed E-state index contributed by atoms with van der Waals surface area (Å²) in [7, 11) is 0. The summed E-state index contributed by atoms with van der Waals surface area (Å²) in [5.74, 6) is -0.507. The van der Waals surface area contributed by atoms with Crippen LogP contribution in [0.15, 0.2) is 121 Å². The van der Waals surface area contributed by atoms with Gasteiger partial charge in [0.15, 0.2) is 6.10 Å². The zero-order valence-corrected chi connectivity index (χ0v) is 26.1. The van der Waals surface area contributed by atoms with Crippen LogP contribution in [-0.4, -0.2) is 54.8 Å². The van der Waals surface area contributed by atoms with Gasteiger partial charge in [0.05, 0.1) is 24.6 Å². The average molecular weight is 628 g/mol. The van der Waals surface area contributed by atoms with Gasteiger partial charge in [0, 0.05) is 6.92 Å². The molecule has 8 nitrogen and oxygen atoms in total.